The van der Waals surface area contributed by atoms with Crippen LogP contribution in [0.15, 0.2) is 35.8 Å². The highest BCUT2D eigenvalue weighted by Crippen LogP contribution is 2.19. The van der Waals surface area contributed by atoms with E-state index in [1.54, 1.807) is 11.3 Å². The van der Waals surface area contributed by atoms with Gasteiger partial charge in [-0.3, -0.25) is 4.90 Å². The van der Waals surface area contributed by atoms with Crippen molar-refractivity contribution < 1.29 is 0 Å². The van der Waals surface area contributed by atoms with Gasteiger partial charge in [0.25, 0.3) is 0 Å². The molecule has 0 saturated carbocycles. The molecule has 2 heterocycles. The lowest BCUT2D eigenvalue weighted by atomic mass is 10.2. The molecule has 0 saturated heterocycles. The number of imidazole rings is 1. The van der Waals surface area contributed by atoms with Crippen molar-refractivity contribution in [3.05, 3.63) is 69.2 Å². The van der Waals surface area contributed by atoms with Gasteiger partial charge in [-0.25, -0.2) is 9.97 Å². The largest absolute Gasteiger partial charge is 0.346 e. The van der Waals surface area contributed by atoms with Crippen molar-refractivity contribution in [1.29, 1.82) is 0 Å². The van der Waals surface area contributed by atoms with Gasteiger partial charge >= 0.3 is 0 Å². The Kier molecular flexibility index (Phi) is 5.43. The zero-order valence-electron chi connectivity index (χ0n) is 14.5. The third-order valence-electron chi connectivity index (χ3n) is 4.20. The zero-order chi connectivity index (χ0) is 16.9. The second-order valence-electron chi connectivity index (χ2n) is 6.10. The average Bonchev–Trinajstić information content (AvgIpc) is 3.14. The van der Waals surface area contributed by atoms with Crippen LogP contribution in [0.3, 0.4) is 0 Å². The molecule has 0 aliphatic rings. The number of rotatable bonds is 7. The van der Waals surface area contributed by atoms with Crippen LogP contribution >= 0.6 is 11.3 Å². The number of nitrogens with zero attached hydrogens (tertiary/aromatic N) is 3. The summed E-state index contributed by atoms with van der Waals surface area (Å²) in [6.07, 6.45) is 0.938. The van der Waals surface area contributed by atoms with Crippen LogP contribution in [0.2, 0.25) is 0 Å². The minimum atomic E-state index is 0.842. The van der Waals surface area contributed by atoms with Gasteiger partial charge in [-0.15, -0.1) is 11.3 Å². The van der Waals surface area contributed by atoms with Crippen LogP contribution in [0.1, 0.15) is 40.3 Å². The van der Waals surface area contributed by atoms with Gasteiger partial charge in [0, 0.05) is 36.6 Å². The molecule has 1 N–H and O–H groups in total. The molecule has 2 aromatic heterocycles. The van der Waals surface area contributed by atoms with Crippen LogP contribution in [0.4, 0.5) is 0 Å². The lowest BCUT2D eigenvalue weighted by Gasteiger charge is -2.21. The summed E-state index contributed by atoms with van der Waals surface area (Å²) in [6, 6.07) is 10.6. The van der Waals surface area contributed by atoms with Crippen molar-refractivity contribution in [2.24, 2.45) is 0 Å². The smallest absolute Gasteiger partial charge is 0.106 e. The number of aromatic amines is 1. The summed E-state index contributed by atoms with van der Waals surface area (Å²) >= 11 is 1.73. The minimum absolute atomic E-state index is 0.842. The van der Waals surface area contributed by atoms with E-state index in [2.05, 4.69) is 66.0 Å². The monoisotopic (exact) mass is 340 g/mol. The van der Waals surface area contributed by atoms with Crippen LogP contribution in [0.25, 0.3) is 0 Å². The Morgan fingerprint density at radius 1 is 1.08 bits per heavy atom. The van der Waals surface area contributed by atoms with Crippen LogP contribution in [0, 0.1) is 13.8 Å². The van der Waals surface area contributed by atoms with Crippen LogP contribution < -0.4 is 0 Å². The van der Waals surface area contributed by atoms with E-state index in [4.69, 9.17) is 4.98 Å². The number of nitrogens with one attached hydrogen (secondary N) is 1. The van der Waals surface area contributed by atoms with Crippen molar-refractivity contribution in [3.63, 3.8) is 0 Å². The molecule has 0 aliphatic carbocycles. The molecule has 0 unspecified atom stereocenters. The first-order valence-corrected chi connectivity index (χ1v) is 9.23. The summed E-state index contributed by atoms with van der Waals surface area (Å²) in [5, 5.41) is 0. The number of aryl methyl sites for hydroxylation is 3. The maximum atomic E-state index is 4.75. The van der Waals surface area contributed by atoms with Crippen molar-refractivity contribution in [2.75, 3.05) is 0 Å². The lowest BCUT2D eigenvalue weighted by Crippen LogP contribution is -2.23. The van der Waals surface area contributed by atoms with E-state index >= 15 is 0 Å². The van der Waals surface area contributed by atoms with Crippen LogP contribution in [-0.2, 0) is 26.1 Å². The maximum absolute atomic E-state index is 4.75. The average molecular weight is 340 g/mol. The SMILES string of the molecule is CCc1nc(CN(Cc2ccccc2)Cc2scnc2C)c(C)[nH]1. The first-order chi connectivity index (χ1) is 11.7. The molecular weight excluding hydrogens is 316 g/mol. The summed E-state index contributed by atoms with van der Waals surface area (Å²) in [5.41, 5.74) is 6.70. The van der Waals surface area contributed by atoms with E-state index in [0.717, 1.165) is 43.3 Å². The minimum Gasteiger partial charge on any atom is -0.346 e. The highest BCUT2D eigenvalue weighted by Gasteiger charge is 2.15. The number of benzene rings is 1. The predicted molar refractivity (Wildman–Crippen MR) is 98.9 cm³/mol. The number of aromatic nitrogens is 3. The summed E-state index contributed by atoms with van der Waals surface area (Å²) in [5.74, 6) is 1.07. The van der Waals surface area contributed by atoms with Gasteiger partial charge in [-0.2, -0.15) is 0 Å². The molecule has 3 aromatic rings. The summed E-state index contributed by atoms with van der Waals surface area (Å²) in [6.45, 7) is 8.98. The fraction of sp³-hybridized carbons (Fsp3) is 0.368. The third kappa shape index (κ3) is 4.10. The lowest BCUT2D eigenvalue weighted by molar-refractivity contribution is 0.246. The second kappa shape index (κ2) is 7.73. The second-order valence-corrected chi connectivity index (χ2v) is 7.04. The van der Waals surface area contributed by atoms with Crippen molar-refractivity contribution in [1.82, 2.24) is 19.9 Å². The quantitative estimate of drug-likeness (QED) is 0.699. The Labute approximate surface area is 147 Å². The first-order valence-electron chi connectivity index (χ1n) is 8.35. The molecule has 0 atom stereocenters. The third-order valence-corrected chi connectivity index (χ3v) is 5.12. The molecule has 1 aromatic carbocycles. The van der Waals surface area contributed by atoms with E-state index in [1.807, 2.05) is 5.51 Å². The Bertz CT molecular complexity index is 776. The number of hydrogen-bond donors (Lipinski definition) is 1. The summed E-state index contributed by atoms with van der Waals surface area (Å²) in [4.78, 5) is 16.3. The van der Waals surface area contributed by atoms with Gasteiger partial charge in [0.05, 0.1) is 16.9 Å². The highest BCUT2D eigenvalue weighted by atomic mass is 32.1. The van der Waals surface area contributed by atoms with Crippen molar-refractivity contribution >= 4 is 11.3 Å². The van der Waals surface area contributed by atoms with E-state index in [-0.39, 0.29) is 0 Å². The molecule has 0 bridgehead atoms. The van der Waals surface area contributed by atoms with E-state index in [1.165, 1.54) is 16.1 Å². The van der Waals surface area contributed by atoms with Gasteiger partial charge in [0.1, 0.15) is 5.82 Å². The Balaban J connectivity index is 1.80. The summed E-state index contributed by atoms with van der Waals surface area (Å²) in [7, 11) is 0. The number of thiazole rings is 1. The van der Waals surface area contributed by atoms with E-state index < -0.39 is 0 Å². The molecule has 126 valence electrons. The molecule has 0 spiro atoms. The number of hydrogen-bond acceptors (Lipinski definition) is 4. The van der Waals surface area contributed by atoms with E-state index in [9.17, 15) is 0 Å². The molecule has 4 nitrogen and oxygen atoms in total. The molecule has 0 fully saturated rings. The molecule has 0 amide bonds. The standard InChI is InChI=1S/C19H24N4S/c1-4-19-21-14(2)17(22-19)11-23(10-16-8-6-5-7-9-16)12-18-15(3)20-13-24-18/h5-9,13H,4,10-12H2,1-3H3,(H,21,22). The molecule has 0 aliphatic heterocycles. The van der Waals surface area contributed by atoms with Gasteiger partial charge < -0.3 is 4.98 Å². The molecule has 0 radical (unpaired) electrons. The molecule has 24 heavy (non-hydrogen) atoms. The normalized spacial score (nSPS) is 11.3. The Hall–Kier alpha value is -1.98. The van der Waals surface area contributed by atoms with Gasteiger partial charge in [0.2, 0.25) is 0 Å². The fourth-order valence-electron chi connectivity index (χ4n) is 2.79. The van der Waals surface area contributed by atoms with Gasteiger partial charge in [-0.05, 0) is 19.4 Å². The Morgan fingerprint density at radius 3 is 2.50 bits per heavy atom. The van der Waals surface area contributed by atoms with Crippen molar-refractivity contribution in [2.45, 2.75) is 46.8 Å². The maximum Gasteiger partial charge on any atom is 0.106 e. The van der Waals surface area contributed by atoms with Gasteiger partial charge in [-0.1, -0.05) is 37.3 Å². The predicted octanol–water partition coefficient (Wildman–Crippen LogP) is 4.25. The molecular formula is C19H24N4S. The fourth-order valence-corrected chi connectivity index (χ4v) is 3.61. The highest BCUT2D eigenvalue weighted by molar-refractivity contribution is 7.09. The summed E-state index contributed by atoms with van der Waals surface area (Å²) < 4.78 is 0. The molecule has 3 rings (SSSR count). The first kappa shape index (κ1) is 16.9. The van der Waals surface area contributed by atoms with Crippen molar-refractivity contribution in [3.8, 4) is 0 Å². The zero-order valence-corrected chi connectivity index (χ0v) is 15.4. The Morgan fingerprint density at radius 2 is 1.88 bits per heavy atom. The molecule has 5 heteroatoms. The topological polar surface area (TPSA) is 44.8 Å². The van der Waals surface area contributed by atoms with E-state index in [0.29, 0.717) is 0 Å². The van der Waals surface area contributed by atoms with Crippen LogP contribution in [0.5, 0.6) is 0 Å². The van der Waals surface area contributed by atoms with Crippen LogP contribution in [-0.4, -0.2) is 19.9 Å². The van der Waals surface area contributed by atoms with Gasteiger partial charge in [0.15, 0.2) is 0 Å². The number of H-pyrrole nitrogens is 1.